The van der Waals surface area contributed by atoms with Gasteiger partial charge in [-0.3, -0.25) is 0 Å². The van der Waals surface area contributed by atoms with Crippen molar-refractivity contribution in [3.63, 3.8) is 0 Å². The molecule has 0 spiro atoms. The van der Waals surface area contributed by atoms with Crippen LogP contribution in [0.1, 0.15) is 0 Å². The van der Waals surface area contributed by atoms with Gasteiger partial charge in [0.2, 0.25) is 0 Å². The Bertz CT molecular complexity index is 861. The quantitative estimate of drug-likeness (QED) is 0.520. The number of ether oxygens (including phenoxy) is 1. The van der Waals surface area contributed by atoms with E-state index in [0.29, 0.717) is 0 Å². The maximum absolute atomic E-state index is 5.61. The molecule has 0 unspecified atom stereocenters. The summed E-state index contributed by atoms with van der Waals surface area (Å²) in [6, 6.07) is 25.2. The monoisotopic (exact) mass is 379 g/mol. The Balaban J connectivity index is 2.12. The number of rotatable bonds is 6. The first-order chi connectivity index (χ1) is 12.5. The fourth-order valence-electron chi connectivity index (χ4n) is 2.79. The number of para-hydroxylation sites is 1. The third-order valence-corrected chi connectivity index (χ3v) is 7.19. The van der Waals surface area contributed by atoms with Crippen LogP contribution in [0.15, 0.2) is 82.6 Å². The van der Waals surface area contributed by atoms with Crippen LogP contribution in [-0.4, -0.2) is 15.2 Å². The number of benzene rings is 3. The Kier molecular flexibility index (Phi) is 5.74. The van der Waals surface area contributed by atoms with E-state index in [2.05, 4.69) is 85.6 Å². The van der Waals surface area contributed by atoms with Gasteiger partial charge in [0, 0.05) is 15.5 Å². The molecule has 134 valence electrons. The van der Waals surface area contributed by atoms with Crippen molar-refractivity contribution in [2.45, 2.75) is 29.4 Å². The molecule has 0 bridgehead atoms. The first kappa shape index (κ1) is 18.6. The smallest absolute Gasteiger partial charge is 0.120 e. The minimum atomic E-state index is -1.58. The lowest BCUT2D eigenvalue weighted by atomic mass is 10.2. The van der Waals surface area contributed by atoms with Crippen LogP contribution in [0, 0.1) is 0 Å². The van der Waals surface area contributed by atoms with Gasteiger partial charge in [-0.1, -0.05) is 67.8 Å². The van der Waals surface area contributed by atoms with Crippen LogP contribution in [0.5, 0.6) is 5.75 Å². The first-order valence-corrected chi connectivity index (χ1v) is 13.1. The van der Waals surface area contributed by atoms with Crippen molar-refractivity contribution in [3.05, 3.63) is 72.8 Å². The maximum Gasteiger partial charge on any atom is 0.120 e. The van der Waals surface area contributed by atoms with Crippen LogP contribution in [-0.2, 0) is 0 Å². The van der Waals surface area contributed by atoms with Gasteiger partial charge in [0.1, 0.15) is 5.75 Å². The van der Waals surface area contributed by atoms with Crippen molar-refractivity contribution in [3.8, 4) is 5.75 Å². The lowest BCUT2D eigenvalue weighted by Gasteiger charge is -2.25. The molecule has 0 fully saturated rings. The Morgan fingerprint density at radius 2 is 1.46 bits per heavy atom. The largest absolute Gasteiger partial charge is 0.497 e. The molecule has 0 amide bonds. The highest BCUT2D eigenvalue weighted by Gasteiger charge is 2.24. The van der Waals surface area contributed by atoms with Gasteiger partial charge in [0.25, 0.3) is 0 Å². The number of nitrogens with one attached hydrogen (secondary N) is 1. The highest BCUT2D eigenvalue weighted by molar-refractivity contribution is 7.99. The van der Waals surface area contributed by atoms with Gasteiger partial charge >= 0.3 is 0 Å². The third-order valence-electron chi connectivity index (χ3n) is 4.13. The van der Waals surface area contributed by atoms with Gasteiger partial charge in [0.15, 0.2) is 0 Å². The molecule has 0 atom stereocenters. The van der Waals surface area contributed by atoms with Crippen molar-refractivity contribution in [2.24, 2.45) is 0 Å². The molecule has 0 heterocycles. The predicted molar refractivity (Wildman–Crippen MR) is 116 cm³/mol. The summed E-state index contributed by atoms with van der Waals surface area (Å²) >= 11 is 1.77. The third kappa shape index (κ3) is 4.51. The standard InChI is InChI=1S/C22H25NOSSi/c1-24-18-15-20(25-19-13-9-6-10-14-19)22(21(16-18)26(2,3)4)23-17-11-7-5-8-12-17/h5-16,23H,1-4H3. The normalized spacial score (nSPS) is 11.2. The Labute approximate surface area is 161 Å². The maximum atomic E-state index is 5.61. The number of methoxy groups -OCH3 is 1. The van der Waals surface area contributed by atoms with Crippen LogP contribution < -0.4 is 15.2 Å². The van der Waals surface area contributed by atoms with E-state index in [9.17, 15) is 0 Å². The fraction of sp³-hybridized carbons (Fsp3) is 0.182. The van der Waals surface area contributed by atoms with Crippen molar-refractivity contribution in [2.75, 3.05) is 12.4 Å². The summed E-state index contributed by atoms with van der Waals surface area (Å²) in [5, 5.41) is 5.05. The highest BCUT2D eigenvalue weighted by atomic mass is 32.2. The number of anilines is 2. The van der Waals surface area contributed by atoms with Crippen molar-refractivity contribution < 1.29 is 4.74 Å². The molecule has 1 N–H and O–H groups in total. The first-order valence-electron chi connectivity index (χ1n) is 8.75. The van der Waals surface area contributed by atoms with Crippen molar-refractivity contribution >= 4 is 36.4 Å². The molecule has 0 radical (unpaired) electrons. The highest BCUT2D eigenvalue weighted by Crippen LogP contribution is 2.37. The zero-order chi connectivity index (χ0) is 18.6. The minimum absolute atomic E-state index is 0.916. The van der Waals surface area contributed by atoms with E-state index in [1.165, 1.54) is 20.7 Å². The topological polar surface area (TPSA) is 21.3 Å². The van der Waals surface area contributed by atoms with E-state index in [0.717, 1.165) is 11.4 Å². The van der Waals surface area contributed by atoms with Crippen LogP contribution in [0.2, 0.25) is 19.6 Å². The Morgan fingerprint density at radius 3 is 2.04 bits per heavy atom. The molecule has 0 saturated carbocycles. The second-order valence-corrected chi connectivity index (χ2v) is 13.4. The average Bonchev–Trinajstić information content (AvgIpc) is 2.63. The average molecular weight is 380 g/mol. The van der Waals surface area contributed by atoms with E-state index in [-0.39, 0.29) is 0 Å². The summed E-state index contributed by atoms with van der Waals surface area (Å²) in [5.74, 6) is 0.916. The van der Waals surface area contributed by atoms with Crippen LogP contribution in [0.25, 0.3) is 0 Å². The number of hydrogen-bond donors (Lipinski definition) is 1. The molecule has 2 nitrogen and oxygen atoms in total. The van der Waals surface area contributed by atoms with Crippen LogP contribution >= 0.6 is 11.8 Å². The molecule has 3 aromatic carbocycles. The van der Waals surface area contributed by atoms with Crippen molar-refractivity contribution in [1.29, 1.82) is 0 Å². The van der Waals surface area contributed by atoms with Crippen LogP contribution in [0.3, 0.4) is 0 Å². The molecule has 3 rings (SSSR count). The number of hydrogen-bond acceptors (Lipinski definition) is 3. The van der Waals surface area contributed by atoms with Gasteiger partial charge in [-0.05, 0) is 41.6 Å². The van der Waals surface area contributed by atoms with Gasteiger partial charge in [-0.25, -0.2) is 0 Å². The molecule has 0 saturated heterocycles. The second-order valence-electron chi connectivity index (χ2n) is 7.20. The van der Waals surface area contributed by atoms with E-state index in [1.807, 2.05) is 12.1 Å². The SMILES string of the molecule is COc1cc(Sc2ccccc2)c(Nc2ccccc2)c([Si](C)(C)C)c1. The summed E-state index contributed by atoms with van der Waals surface area (Å²) in [5.41, 5.74) is 2.30. The second kappa shape index (κ2) is 8.02. The van der Waals surface area contributed by atoms with E-state index >= 15 is 0 Å². The minimum Gasteiger partial charge on any atom is -0.497 e. The molecule has 0 aliphatic carbocycles. The van der Waals surface area contributed by atoms with Gasteiger partial charge in [0.05, 0.1) is 20.9 Å². The van der Waals surface area contributed by atoms with Crippen molar-refractivity contribution in [1.82, 2.24) is 0 Å². The van der Waals surface area contributed by atoms with E-state index < -0.39 is 8.07 Å². The lowest BCUT2D eigenvalue weighted by molar-refractivity contribution is 0.414. The molecule has 0 aliphatic rings. The summed E-state index contributed by atoms with van der Waals surface area (Å²) in [7, 11) is 0.157. The molecule has 3 aromatic rings. The molecule has 0 aromatic heterocycles. The fourth-order valence-corrected chi connectivity index (χ4v) is 5.39. The zero-order valence-corrected chi connectivity index (χ0v) is 17.6. The van der Waals surface area contributed by atoms with Gasteiger partial charge in [-0.15, -0.1) is 0 Å². The van der Waals surface area contributed by atoms with Gasteiger partial charge in [-0.2, -0.15) is 0 Å². The predicted octanol–water partition coefficient (Wildman–Crippen LogP) is 6.14. The summed E-state index contributed by atoms with van der Waals surface area (Å²) in [4.78, 5) is 2.41. The van der Waals surface area contributed by atoms with E-state index in [4.69, 9.17) is 4.74 Å². The lowest BCUT2D eigenvalue weighted by Crippen LogP contribution is -2.39. The molecule has 26 heavy (non-hydrogen) atoms. The Morgan fingerprint density at radius 1 is 0.846 bits per heavy atom. The van der Waals surface area contributed by atoms with Crippen LogP contribution in [0.4, 0.5) is 11.4 Å². The van der Waals surface area contributed by atoms with Gasteiger partial charge < -0.3 is 10.1 Å². The molecular formula is C22H25NOSSi. The summed E-state index contributed by atoms with van der Waals surface area (Å²) < 4.78 is 5.61. The molecular weight excluding hydrogens is 354 g/mol. The summed E-state index contributed by atoms with van der Waals surface area (Å²) in [6.45, 7) is 7.11. The summed E-state index contributed by atoms with van der Waals surface area (Å²) in [6.07, 6.45) is 0. The zero-order valence-electron chi connectivity index (χ0n) is 15.7. The van der Waals surface area contributed by atoms with E-state index in [1.54, 1.807) is 18.9 Å². The Hall–Kier alpha value is -2.17. The molecule has 4 heteroatoms. The molecule has 0 aliphatic heterocycles.